The number of anilines is 1. The lowest BCUT2D eigenvalue weighted by Gasteiger charge is -2.09. The lowest BCUT2D eigenvalue weighted by molar-refractivity contribution is 0.102. The van der Waals surface area contributed by atoms with Crippen LogP contribution in [-0.4, -0.2) is 10.9 Å². The van der Waals surface area contributed by atoms with Crippen molar-refractivity contribution in [3.63, 3.8) is 0 Å². The quantitative estimate of drug-likeness (QED) is 0.812. The van der Waals surface area contributed by atoms with Crippen LogP contribution in [0.3, 0.4) is 0 Å². The molecule has 1 amide bonds. The zero-order valence-corrected chi connectivity index (χ0v) is 11.2. The van der Waals surface area contributed by atoms with E-state index in [0.717, 1.165) is 17.1 Å². The molecule has 18 heavy (non-hydrogen) atoms. The average Bonchev–Trinajstić information content (AvgIpc) is 2.33. The summed E-state index contributed by atoms with van der Waals surface area (Å²) < 4.78 is 0. The van der Waals surface area contributed by atoms with E-state index in [1.54, 1.807) is 12.1 Å². The van der Waals surface area contributed by atoms with Gasteiger partial charge in [0.25, 0.3) is 5.91 Å². The molecule has 0 radical (unpaired) electrons. The van der Waals surface area contributed by atoms with Gasteiger partial charge in [-0.15, -0.1) is 12.6 Å². The Morgan fingerprint density at radius 3 is 2.56 bits per heavy atom. The zero-order valence-electron chi connectivity index (χ0n) is 10.3. The number of aryl methyl sites for hydroxylation is 2. The first kappa shape index (κ1) is 12.6. The highest BCUT2D eigenvalue weighted by Crippen LogP contribution is 2.17. The van der Waals surface area contributed by atoms with Crippen molar-refractivity contribution >= 4 is 24.2 Å². The van der Waals surface area contributed by atoms with Crippen LogP contribution in [0.5, 0.6) is 0 Å². The van der Waals surface area contributed by atoms with Gasteiger partial charge in [0.15, 0.2) is 0 Å². The normalized spacial score (nSPS) is 10.2. The standard InChI is InChI=1S/C14H14N2OS/c1-9-7-8-12(10(2)15-9)16-14(17)11-5-3-4-6-13(11)18/h3-8,18H,1-2H3,(H,16,17). The van der Waals surface area contributed by atoms with Gasteiger partial charge in [-0.3, -0.25) is 9.78 Å². The molecular formula is C14H14N2OS. The third-order valence-corrected chi connectivity index (χ3v) is 3.01. The molecule has 1 heterocycles. The van der Waals surface area contributed by atoms with E-state index in [4.69, 9.17) is 0 Å². The number of hydrogen-bond donors (Lipinski definition) is 2. The fourth-order valence-corrected chi connectivity index (χ4v) is 1.94. The van der Waals surface area contributed by atoms with E-state index < -0.39 is 0 Å². The number of amides is 1. The number of rotatable bonds is 2. The lowest BCUT2D eigenvalue weighted by atomic mass is 10.2. The maximum absolute atomic E-state index is 12.1. The summed E-state index contributed by atoms with van der Waals surface area (Å²) in [5.74, 6) is -0.172. The topological polar surface area (TPSA) is 42.0 Å². The van der Waals surface area contributed by atoms with Crippen molar-refractivity contribution in [1.82, 2.24) is 4.98 Å². The third kappa shape index (κ3) is 2.71. The number of hydrogen-bond acceptors (Lipinski definition) is 3. The Morgan fingerprint density at radius 1 is 1.17 bits per heavy atom. The van der Waals surface area contributed by atoms with Crippen molar-refractivity contribution in [3.8, 4) is 0 Å². The Bertz CT molecular complexity index is 596. The van der Waals surface area contributed by atoms with E-state index in [0.29, 0.717) is 10.5 Å². The Kier molecular flexibility index (Phi) is 3.67. The van der Waals surface area contributed by atoms with Gasteiger partial charge in [-0.1, -0.05) is 12.1 Å². The number of nitrogens with zero attached hydrogens (tertiary/aromatic N) is 1. The van der Waals surface area contributed by atoms with Gasteiger partial charge in [0.2, 0.25) is 0 Å². The molecule has 1 aromatic carbocycles. The predicted molar refractivity (Wildman–Crippen MR) is 75.4 cm³/mol. The van der Waals surface area contributed by atoms with E-state index in [1.807, 2.05) is 38.1 Å². The maximum atomic E-state index is 12.1. The molecule has 0 fully saturated rings. The molecular weight excluding hydrogens is 244 g/mol. The predicted octanol–water partition coefficient (Wildman–Crippen LogP) is 3.24. The van der Waals surface area contributed by atoms with Crippen molar-refractivity contribution in [2.24, 2.45) is 0 Å². The molecule has 92 valence electrons. The second kappa shape index (κ2) is 5.23. The van der Waals surface area contributed by atoms with Gasteiger partial charge >= 0.3 is 0 Å². The second-order valence-electron chi connectivity index (χ2n) is 4.06. The first-order chi connectivity index (χ1) is 8.58. The summed E-state index contributed by atoms with van der Waals surface area (Å²) in [6.45, 7) is 3.79. The number of aromatic nitrogens is 1. The Labute approximate surface area is 112 Å². The van der Waals surface area contributed by atoms with Gasteiger partial charge in [0.1, 0.15) is 0 Å². The summed E-state index contributed by atoms with van der Waals surface area (Å²) in [6, 6.07) is 10.9. The molecule has 3 nitrogen and oxygen atoms in total. The molecule has 0 unspecified atom stereocenters. The zero-order chi connectivity index (χ0) is 13.1. The van der Waals surface area contributed by atoms with Crippen LogP contribution in [0.4, 0.5) is 5.69 Å². The Hall–Kier alpha value is -1.81. The molecule has 0 spiro atoms. The van der Waals surface area contributed by atoms with Gasteiger partial charge in [-0.25, -0.2) is 0 Å². The minimum Gasteiger partial charge on any atom is -0.320 e. The van der Waals surface area contributed by atoms with Crippen molar-refractivity contribution in [2.45, 2.75) is 18.7 Å². The largest absolute Gasteiger partial charge is 0.320 e. The van der Waals surface area contributed by atoms with Crippen molar-refractivity contribution in [1.29, 1.82) is 0 Å². The van der Waals surface area contributed by atoms with Crippen LogP contribution in [0.2, 0.25) is 0 Å². The molecule has 0 aliphatic rings. The minimum atomic E-state index is -0.172. The fraction of sp³-hybridized carbons (Fsp3) is 0.143. The molecule has 0 aliphatic heterocycles. The van der Waals surface area contributed by atoms with Crippen LogP contribution in [0.25, 0.3) is 0 Å². The highest BCUT2D eigenvalue weighted by Gasteiger charge is 2.10. The fourth-order valence-electron chi connectivity index (χ4n) is 1.67. The molecule has 4 heteroatoms. The van der Waals surface area contributed by atoms with E-state index in [1.165, 1.54) is 0 Å². The lowest BCUT2D eigenvalue weighted by Crippen LogP contribution is -2.14. The molecule has 1 N–H and O–H groups in total. The van der Waals surface area contributed by atoms with Crippen LogP contribution in [0.15, 0.2) is 41.3 Å². The van der Waals surface area contributed by atoms with E-state index in [-0.39, 0.29) is 5.91 Å². The molecule has 0 saturated carbocycles. The SMILES string of the molecule is Cc1ccc(NC(=O)c2ccccc2S)c(C)n1. The van der Waals surface area contributed by atoms with Gasteiger partial charge < -0.3 is 5.32 Å². The number of carbonyl (C=O) groups excluding carboxylic acids is 1. The van der Waals surface area contributed by atoms with Crippen molar-refractivity contribution < 1.29 is 4.79 Å². The summed E-state index contributed by atoms with van der Waals surface area (Å²) in [5.41, 5.74) is 3.02. The van der Waals surface area contributed by atoms with Gasteiger partial charge in [0.05, 0.1) is 16.9 Å². The molecule has 2 aromatic rings. The maximum Gasteiger partial charge on any atom is 0.256 e. The Morgan fingerprint density at radius 2 is 1.89 bits per heavy atom. The van der Waals surface area contributed by atoms with Crippen LogP contribution in [0.1, 0.15) is 21.7 Å². The summed E-state index contributed by atoms with van der Waals surface area (Å²) in [5, 5.41) is 2.84. The minimum absolute atomic E-state index is 0.172. The first-order valence-electron chi connectivity index (χ1n) is 5.61. The molecule has 0 aliphatic carbocycles. The number of benzene rings is 1. The molecule has 0 bridgehead atoms. The highest BCUT2D eigenvalue weighted by atomic mass is 32.1. The second-order valence-corrected chi connectivity index (χ2v) is 4.54. The molecule has 0 saturated heterocycles. The van der Waals surface area contributed by atoms with Gasteiger partial charge in [-0.2, -0.15) is 0 Å². The summed E-state index contributed by atoms with van der Waals surface area (Å²) in [4.78, 5) is 17.1. The number of carbonyl (C=O) groups is 1. The summed E-state index contributed by atoms with van der Waals surface area (Å²) in [7, 11) is 0. The van der Waals surface area contributed by atoms with Crippen molar-refractivity contribution in [2.75, 3.05) is 5.32 Å². The number of pyridine rings is 1. The average molecular weight is 258 g/mol. The van der Waals surface area contributed by atoms with Gasteiger partial charge in [0, 0.05) is 10.6 Å². The van der Waals surface area contributed by atoms with E-state index in [9.17, 15) is 4.79 Å². The van der Waals surface area contributed by atoms with E-state index >= 15 is 0 Å². The van der Waals surface area contributed by atoms with Crippen LogP contribution in [-0.2, 0) is 0 Å². The Balaban J connectivity index is 2.24. The summed E-state index contributed by atoms with van der Waals surface area (Å²) >= 11 is 4.27. The number of nitrogens with one attached hydrogen (secondary N) is 1. The van der Waals surface area contributed by atoms with Gasteiger partial charge in [-0.05, 0) is 38.1 Å². The molecule has 0 atom stereocenters. The smallest absolute Gasteiger partial charge is 0.256 e. The van der Waals surface area contributed by atoms with E-state index in [2.05, 4.69) is 22.9 Å². The van der Waals surface area contributed by atoms with Crippen LogP contribution < -0.4 is 5.32 Å². The third-order valence-electron chi connectivity index (χ3n) is 2.62. The molecule has 1 aromatic heterocycles. The van der Waals surface area contributed by atoms with Crippen LogP contribution >= 0.6 is 12.6 Å². The van der Waals surface area contributed by atoms with Crippen LogP contribution in [0, 0.1) is 13.8 Å². The summed E-state index contributed by atoms with van der Waals surface area (Å²) in [6.07, 6.45) is 0. The van der Waals surface area contributed by atoms with Crippen molar-refractivity contribution in [3.05, 3.63) is 53.3 Å². The molecule has 2 rings (SSSR count). The highest BCUT2D eigenvalue weighted by molar-refractivity contribution is 7.80. The number of thiol groups is 1. The first-order valence-corrected chi connectivity index (χ1v) is 6.06. The monoisotopic (exact) mass is 258 g/mol.